The number of hydrogen-bond donors (Lipinski definition) is 1. The van der Waals surface area contributed by atoms with E-state index in [-0.39, 0.29) is 0 Å². The summed E-state index contributed by atoms with van der Waals surface area (Å²) in [6.07, 6.45) is 4.48. The Kier molecular flexibility index (Phi) is 3.87. The minimum atomic E-state index is 0.656. The second-order valence-corrected chi connectivity index (χ2v) is 5.65. The van der Waals surface area contributed by atoms with Crippen molar-refractivity contribution < 1.29 is 0 Å². The Morgan fingerprint density at radius 3 is 2.90 bits per heavy atom. The van der Waals surface area contributed by atoms with E-state index in [1.165, 1.54) is 29.5 Å². The summed E-state index contributed by atoms with van der Waals surface area (Å²) in [5, 5.41) is 12.7. The summed E-state index contributed by atoms with van der Waals surface area (Å²) in [6.45, 7) is 2.78. The van der Waals surface area contributed by atoms with Gasteiger partial charge in [-0.3, -0.25) is 0 Å². The molecule has 3 heteroatoms. The van der Waals surface area contributed by atoms with Crippen LogP contribution in [0.1, 0.15) is 40.8 Å². The van der Waals surface area contributed by atoms with Gasteiger partial charge in [0.15, 0.2) is 0 Å². The van der Waals surface area contributed by atoms with Crippen molar-refractivity contribution in [3.63, 3.8) is 0 Å². The smallest absolute Gasteiger partial charge is 0.144 e. The zero-order valence-corrected chi connectivity index (χ0v) is 12.3. The van der Waals surface area contributed by atoms with E-state index in [9.17, 15) is 5.26 Å². The predicted molar refractivity (Wildman–Crippen MR) is 84.1 cm³/mol. The van der Waals surface area contributed by atoms with Crippen molar-refractivity contribution in [3.8, 4) is 6.07 Å². The van der Waals surface area contributed by atoms with Gasteiger partial charge in [0.25, 0.3) is 0 Å². The lowest BCUT2D eigenvalue weighted by Gasteiger charge is -2.17. The molecule has 106 valence electrons. The fourth-order valence-electron chi connectivity index (χ4n) is 2.86. The van der Waals surface area contributed by atoms with E-state index in [0.717, 1.165) is 24.4 Å². The van der Waals surface area contributed by atoms with Crippen LogP contribution in [0.25, 0.3) is 0 Å². The van der Waals surface area contributed by atoms with Crippen molar-refractivity contribution in [1.82, 2.24) is 4.98 Å². The maximum Gasteiger partial charge on any atom is 0.144 e. The van der Waals surface area contributed by atoms with Crippen LogP contribution in [0.4, 0.5) is 5.82 Å². The van der Waals surface area contributed by atoms with Crippen LogP contribution >= 0.6 is 0 Å². The SMILES string of the molecule is Cc1cccc(CNc2nc3c(cc2C#N)CCCC3)c1. The summed E-state index contributed by atoms with van der Waals surface area (Å²) in [4.78, 5) is 4.69. The van der Waals surface area contributed by atoms with Gasteiger partial charge in [-0.2, -0.15) is 5.26 Å². The number of rotatable bonds is 3. The van der Waals surface area contributed by atoms with E-state index in [4.69, 9.17) is 0 Å². The molecule has 2 aromatic rings. The second kappa shape index (κ2) is 5.97. The van der Waals surface area contributed by atoms with Gasteiger partial charge in [0.1, 0.15) is 11.9 Å². The lowest BCUT2D eigenvalue weighted by Crippen LogP contribution is -2.10. The molecule has 1 aromatic carbocycles. The van der Waals surface area contributed by atoms with Gasteiger partial charge in [-0.25, -0.2) is 4.98 Å². The highest BCUT2D eigenvalue weighted by atomic mass is 15.0. The molecule has 0 unspecified atom stereocenters. The molecule has 21 heavy (non-hydrogen) atoms. The maximum absolute atomic E-state index is 9.33. The number of aromatic nitrogens is 1. The molecule has 0 spiro atoms. The average Bonchev–Trinajstić information content (AvgIpc) is 2.52. The van der Waals surface area contributed by atoms with Crippen LogP contribution in [0.2, 0.25) is 0 Å². The van der Waals surface area contributed by atoms with Crippen molar-refractivity contribution in [2.24, 2.45) is 0 Å². The number of nitriles is 1. The molecule has 0 amide bonds. The van der Waals surface area contributed by atoms with Gasteiger partial charge in [0, 0.05) is 12.2 Å². The van der Waals surface area contributed by atoms with Gasteiger partial charge < -0.3 is 5.32 Å². The summed E-state index contributed by atoms with van der Waals surface area (Å²) in [5.41, 5.74) is 5.51. The number of pyridine rings is 1. The van der Waals surface area contributed by atoms with E-state index in [0.29, 0.717) is 12.1 Å². The summed E-state index contributed by atoms with van der Waals surface area (Å²) < 4.78 is 0. The van der Waals surface area contributed by atoms with Gasteiger partial charge in [-0.05, 0) is 49.8 Å². The number of benzene rings is 1. The number of anilines is 1. The largest absolute Gasteiger partial charge is 0.365 e. The molecule has 1 aliphatic rings. The first-order valence-corrected chi connectivity index (χ1v) is 7.48. The monoisotopic (exact) mass is 277 g/mol. The lowest BCUT2D eigenvalue weighted by molar-refractivity contribution is 0.668. The Morgan fingerprint density at radius 2 is 2.10 bits per heavy atom. The Labute approximate surface area is 125 Å². The Bertz CT molecular complexity index is 698. The zero-order valence-electron chi connectivity index (χ0n) is 12.3. The van der Waals surface area contributed by atoms with Crippen molar-refractivity contribution in [3.05, 3.63) is 58.3 Å². The van der Waals surface area contributed by atoms with Gasteiger partial charge >= 0.3 is 0 Å². The maximum atomic E-state index is 9.33. The molecule has 3 rings (SSSR count). The topological polar surface area (TPSA) is 48.7 Å². The predicted octanol–water partition coefficient (Wildman–Crippen LogP) is 3.75. The van der Waals surface area contributed by atoms with Crippen LogP contribution in [0.3, 0.4) is 0 Å². The quantitative estimate of drug-likeness (QED) is 0.929. The summed E-state index contributed by atoms with van der Waals surface area (Å²) in [5.74, 6) is 0.722. The van der Waals surface area contributed by atoms with Crippen molar-refractivity contribution in [1.29, 1.82) is 5.26 Å². The molecule has 1 aliphatic carbocycles. The minimum Gasteiger partial charge on any atom is -0.365 e. The molecule has 0 atom stereocenters. The van der Waals surface area contributed by atoms with E-state index >= 15 is 0 Å². The molecule has 1 N–H and O–H groups in total. The number of aryl methyl sites for hydroxylation is 3. The number of nitrogens with zero attached hydrogens (tertiary/aromatic N) is 2. The first-order valence-electron chi connectivity index (χ1n) is 7.48. The lowest BCUT2D eigenvalue weighted by atomic mass is 9.95. The van der Waals surface area contributed by atoms with Gasteiger partial charge in [0.2, 0.25) is 0 Å². The fourth-order valence-corrected chi connectivity index (χ4v) is 2.86. The third-order valence-corrected chi connectivity index (χ3v) is 3.96. The van der Waals surface area contributed by atoms with Crippen LogP contribution in [-0.4, -0.2) is 4.98 Å². The highest BCUT2D eigenvalue weighted by Crippen LogP contribution is 2.24. The second-order valence-electron chi connectivity index (χ2n) is 5.65. The molecule has 0 fully saturated rings. The first-order chi connectivity index (χ1) is 10.3. The van der Waals surface area contributed by atoms with Gasteiger partial charge in [0.05, 0.1) is 5.56 Å². The fraction of sp³-hybridized carbons (Fsp3) is 0.333. The molecule has 0 saturated carbocycles. The summed E-state index contributed by atoms with van der Waals surface area (Å²) in [7, 11) is 0. The van der Waals surface area contributed by atoms with Crippen molar-refractivity contribution >= 4 is 5.82 Å². The van der Waals surface area contributed by atoms with Crippen LogP contribution in [0, 0.1) is 18.3 Å². The molecule has 3 nitrogen and oxygen atoms in total. The van der Waals surface area contributed by atoms with E-state index < -0.39 is 0 Å². The molecule has 0 saturated heterocycles. The van der Waals surface area contributed by atoms with Gasteiger partial charge in [-0.15, -0.1) is 0 Å². The molecule has 0 aliphatic heterocycles. The van der Waals surface area contributed by atoms with Gasteiger partial charge in [-0.1, -0.05) is 29.8 Å². The molecule has 0 radical (unpaired) electrons. The number of nitrogens with one attached hydrogen (secondary N) is 1. The average molecular weight is 277 g/mol. The highest BCUT2D eigenvalue weighted by molar-refractivity contribution is 5.55. The Hall–Kier alpha value is -2.34. The molecular formula is C18H19N3. The van der Waals surface area contributed by atoms with Crippen LogP contribution in [0.5, 0.6) is 0 Å². The standard InChI is InChI=1S/C18H19N3/c1-13-5-4-6-14(9-13)12-20-18-16(11-19)10-15-7-2-3-8-17(15)21-18/h4-6,9-10H,2-3,7-8,12H2,1H3,(H,20,21). The summed E-state index contributed by atoms with van der Waals surface area (Å²) >= 11 is 0. The Morgan fingerprint density at radius 1 is 1.24 bits per heavy atom. The first kappa shape index (κ1) is 13.6. The van der Waals surface area contributed by atoms with E-state index in [2.05, 4.69) is 47.6 Å². The zero-order chi connectivity index (χ0) is 14.7. The molecule has 1 aromatic heterocycles. The molecular weight excluding hydrogens is 258 g/mol. The third-order valence-electron chi connectivity index (χ3n) is 3.96. The number of fused-ring (bicyclic) bond motifs is 1. The van der Waals surface area contributed by atoms with E-state index in [1.807, 2.05) is 6.07 Å². The minimum absolute atomic E-state index is 0.656. The number of hydrogen-bond acceptors (Lipinski definition) is 3. The van der Waals surface area contributed by atoms with E-state index in [1.54, 1.807) is 0 Å². The highest BCUT2D eigenvalue weighted by Gasteiger charge is 2.14. The molecule has 1 heterocycles. The summed E-state index contributed by atoms with van der Waals surface area (Å²) in [6, 6.07) is 12.7. The van der Waals surface area contributed by atoms with Crippen LogP contribution in [0.15, 0.2) is 30.3 Å². The Balaban J connectivity index is 1.83. The normalized spacial score (nSPS) is 13.3. The third kappa shape index (κ3) is 3.05. The van der Waals surface area contributed by atoms with Crippen molar-refractivity contribution in [2.75, 3.05) is 5.32 Å². The molecule has 0 bridgehead atoms. The van der Waals surface area contributed by atoms with Crippen LogP contribution in [-0.2, 0) is 19.4 Å². The van der Waals surface area contributed by atoms with Crippen molar-refractivity contribution in [2.45, 2.75) is 39.2 Å². The van der Waals surface area contributed by atoms with Crippen LogP contribution < -0.4 is 5.32 Å².